The van der Waals surface area contributed by atoms with Crippen molar-refractivity contribution in [1.29, 1.82) is 0 Å². The van der Waals surface area contributed by atoms with Crippen LogP contribution >= 0.6 is 0 Å². The van der Waals surface area contributed by atoms with Gasteiger partial charge in [0, 0.05) is 13.0 Å². The molecule has 0 bridgehead atoms. The molecule has 0 aliphatic carbocycles. The quantitative estimate of drug-likeness (QED) is 0.817. The second kappa shape index (κ2) is 6.01. The van der Waals surface area contributed by atoms with Crippen LogP contribution < -0.4 is 4.74 Å². The van der Waals surface area contributed by atoms with Gasteiger partial charge in [0.1, 0.15) is 17.6 Å². The summed E-state index contributed by atoms with van der Waals surface area (Å²) in [6.45, 7) is 3.77. The van der Waals surface area contributed by atoms with E-state index in [9.17, 15) is 4.79 Å². The zero-order valence-corrected chi connectivity index (χ0v) is 11.2. The van der Waals surface area contributed by atoms with E-state index in [1.807, 2.05) is 24.3 Å². The first-order chi connectivity index (χ1) is 8.63. The average Bonchev–Trinajstić information content (AvgIpc) is 2.31. The number of likely N-dealkylation sites (tertiary alicyclic amines) is 1. The molecule has 1 aliphatic rings. The van der Waals surface area contributed by atoms with Crippen molar-refractivity contribution in [2.75, 3.05) is 20.1 Å². The molecule has 98 valence electrons. The van der Waals surface area contributed by atoms with Crippen LogP contribution in [0.2, 0.25) is 0 Å². The Morgan fingerprint density at radius 1 is 1.39 bits per heavy atom. The zero-order valence-electron chi connectivity index (χ0n) is 11.2. The van der Waals surface area contributed by atoms with Gasteiger partial charge in [0.05, 0.1) is 0 Å². The van der Waals surface area contributed by atoms with E-state index in [0.717, 1.165) is 30.8 Å². The summed E-state index contributed by atoms with van der Waals surface area (Å²) < 4.78 is 5.96. The molecule has 1 fully saturated rings. The van der Waals surface area contributed by atoms with Crippen LogP contribution in [0.25, 0.3) is 0 Å². The molecule has 1 atom stereocenters. The number of ketones is 1. The third-order valence-corrected chi connectivity index (χ3v) is 3.26. The maximum Gasteiger partial charge on any atom is 0.134 e. The maximum absolute atomic E-state index is 11.0. The maximum atomic E-state index is 11.0. The number of hydrogen-bond donors (Lipinski definition) is 0. The Labute approximate surface area is 109 Å². The van der Waals surface area contributed by atoms with Crippen LogP contribution in [0, 0.1) is 0 Å². The Balaban J connectivity index is 1.91. The first-order valence-electron chi connectivity index (χ1n) is 6.57. The largest absolute Gasteiger partial charge is 0.489 e. The number of ether oxygens (including phenoxy) is 1. The van der Waals surface area contributed by atoms with Crippen LogP contribution in [0.5, 0.6) is 5.75 Å². The van der Waals surface area contributed by atoms with Crippen molar-refractivity contribution in [3.05, 3.63) is 29.8 Å². The first-order valence-corrected chi connectivity index (χ1v) is 6.57. The summed E-state index contributed by atoms with van der Waals surface area (Å²) in [5.74, 6) is 1.10. The van der Waals surface area contributed by atoms with Crippen LogP contribution in [-0.2, 0) is 11.2 Å². The van der Waals surface area contributed by atoms with Crippen molar-refractivity contribution in [3.63, 3.8) is 0 Å². The van der Waals surface area contributed by atoms with E-state index >= 15 is 0 Å². The summed E-state index contributed by atoms with van der Waals surface area (Å²) in [4.78, 5) is 13.3. The van der Waals surface area contributed by atoms with E-state index < -0.39 is 0 Å². The summed E-state index contributed by atoms with van der Waals surface area (Å²) >= 11 is 0. The molecule has 1 heterocycles. The predicted octanol–water partition coefficient (Wildman–Crippen LogP) is 2.29. The molecule has 0 radical (unpaired) electrons. The normalized spacial score (nSPS) is 20.7. The van der Waals surface area contributed by atoms with Crippen molar-refractivity contribution in [2.45, 2.75) is 32.3 Å². The number of likely N-dealkylation sites (N-methyl/N-ethyl adjacent to an activating group) is 1. The molecule has 18 heavy (non-hydrogen) atoms. The predicted molar refractivity (Wildman–Crippen MR) is 72.0 cm³/mol. The van der Waals surface area contributed by atoms with E-state index in [0.29, 0.717) is 12.5 Å². The van der Waals surface area contributed by atoms with Crippen molar-refractivity contribution in [3.8, 4) is 5.75 Å². The SMILES string of the molecule is CC(=O)Cc1ccc(OC2CCCN(C)C2)cc1. The Morgan fingerprint density at radius 2 is 2.11 bits per heavy atom. The van der Waals surface area contributed by atoms with Gasteiger partial charge in [0.25, 0.3) is 0 Å². The second-order valence-electron chi connectivity index (χ2n) is 5.17. The molecule has 0 spiro atoms. The van der Waals surface area contributed by atoms with Crippen molar-refractivity contribution < 1.29 is 9.53 Å². The van der Waals surface area contributed by atoms with Gasteiger partial charge >= 0.3 is 0 Å². The highest BCUT2D eigenvalue weighted by molar-refractivity contribution is 5.78. The number of benzene rings is 1. The number of rotatable bonds is 4. The Kier molecular flexibility index (Phi) is 4.37. The number of carbonyl (C=O) groups is 1. The van der Waals surface area contributed by atoms with E-state index in [4.69, 9.17) is 4.74 Å². The minimum Gasteiger partial charge on any atom is -0.489 e. The van der Waals surface area contributed by atoms with E-state index in [1.54, 1.807) is 6.92 Å². The Bertz CT molecular complexity index is 399. The summed E-state index contributed by atoms with van der Waals surface area (Å²) in [6, 6.07) is 7.88. The van der Waals surface area contributed by atoms with E-state index in [1.165, 1.54) is 6.42 Å². The molecule has 3 heteroatoms. The standard InChI is InChI=1S/C15H21NO2/c1-12(17)10-13-5-7-14(8-6-13)18-15-4-3-9-16(2)11-15/h5-8,15H,3-4,9-11H2,1-2H3. The fourth-order valence-electron chi connectivity index (χ4n) is 2.38. The number of piperidine rings is 1. The van der Waals surface area contributed by atoms with Crippen LogP contribution in [-0.4, -0.2) is 36.9 Å². The topological polar surface area (TPSA) is 29.5 Å². The summed E-state index contributed by atoms with van der Waals surface area (Å²) in [7, 11) is 2.13. The molecule has 1 saturated heterocycles. The number of nitrogens with zero attached hydrogens (tertiary/aromatic N) is 1. The molecule has 0 amide bonds. The molecule has 0 aromatic heterocycles. The fraction of sp³-hybridized carbons (Fsp3) is 0.533. The number of carbonyl (C=O) groups excluding carboxylic acids is 1. The molecule has 3 nitrogen and oxygen atoms in total. The molecule has 2 rings (SSSR count). The van der Waals surface area contributed by atoms with Gasteiger partial charge in [0.2, 0.25) is 0 Å². The highest BCUT2D eigenvalue weighted by atomic mass is 16.5. The van der Waals surface area contributed by atoms with Gasteiger partial charge in [0.15, 0.2) is 0 Å². The lowest BCUT2D eigenvalue weighted by atomic mass is 10.1. The Morgan fingerprint density at radius 3 is 2.72 bits per heavy atom. The fourth-order valence-corrected chi connectivity index (χ4v) is 2.38. The summed E-state index contributed by atoms with van der Waals surface area (Å²) in [6.07, 6.45) is 3.12. The van der Waals surface area contributed by atoms with E-state index in [2.05, 4.69) is 11.9 Å². The van der Waals surface area contributed by atoms with Crippen LogP contribution in [0.4, 0.5) is 0 Å². The van der Waals surface area contributed by atoms with Gasteiger partial charge in [-0.05, 0) is 51.1 Å². The highest BCUT2D eigenvalue weighted by Gasteiger charge is 2.18. The lowest BCUT2D eigenvalue weighted by molar-refractivity contribution is -0.116. The number of hydrogen-bond acceptors (Lipinski definition) is 3. The smallest absolute Gasteiger partial charge is 0.134 e. The van der Waals surface area contributed by atoms with Gasteiger partial charge in [-0.15, -0.1) is 0 Å². The Hall–Kier alpha value is -1.35. The molecule has 1 aromatic carbocycles. The van der Waals surface area contributed by atoms with Gasteiger partial charge in [-0.25, -0.2) is 0 Å². The average molecular weight is 247 g/mol. The lowest BCUT2D eigenvalue weighted by Crippen LogP contribution is -2.38. The van der Waals surface area contributed by atoms with Crippen molar-refractivity contribution in [1.82, 2.24) is 4.90 Å². The van der Waals surface area contributed by atoms with Gasteiger partial charge in [-0.2, -0.15) is 0 Å². The molecule has 1 aromatic rings. The first kappa shape index (κ1) is 13.1. The minimum atomic E-state index is 0.192. The van der Waals surface area contributed by atoms with Crippen LogP contribution in [0.15, 0.2) is 24.3 Å². The van der Waals surface area contributed by atoms with Gasteiger partial charge in [-0.3, -0.25) is 4.79 Å². The van der Waals surface area contributed by atoms with Crippen LogP contribution in [0.3, 0.4) is 0 Å². The highest BCUT2D eigenvalue weighted by Crippen LogP contribution is 2.18. The third kappa shape index (κ3) is 3.84. The van der Waals surface area contributed by atoms with E-state index in [-0.39, 0.29) is 5.78 Å². The van der Waals surface area contributed by atoms with Gasteiger partial charge in [-0.1, -0.05) is 12.1 Å². The van der Waals surface area contributed by atoms with Crippen LogP contribution in [0.1, 0.15) is 25.3 Å². The monoisotopic (exact) mass is 247 g/mol. The molecular formula is C15H21NO2. The molecule has 1 unspecified atom stereocenters. The second-order valence-corrected chi connectivity index (χ2v) is 5.17. The summed E-state index contributed by atoms with van der Waals surface area (Å²) in [5.41, 5.74) is 1.05. The molecule has 1 aliphatic heterocycles. The summed E-state index contributed by atoms with van der Waals surface area (Å²) in [5, 5.41) is 0. The zero-order chi connectivity index (χ0) is 13.0. The molecule has 0 N–H and O–H groups in total. The minimum absolute atomic E-state index is 0.192. The third-order valence-electron chi connectivity index (χ3n) is 3.26. The van der Waals surface area contributed by atoms with Crippen molar-refractivity contribution in [2.24, 2.45) is 0 Å². The number of Topliss-reactive ketones (excluding diaryl/α,β-unsaturated/α-hetero) is 1. The van der Waals surface area contributed by atoms with Crippen molar-refractivity contribution >= 4 is 5.78 Å². The molecule has 0 saturated carbocycles. The van der Waals surface area contributed by atoms with Gasteiger partial charge < -0.3 is 9.64 Å². The lowest BCUT2D eigenvalue weighted by Gasteiger charge is -2.30. The molecular weight excluding hydrogens is 226 g/mol.